The number of benzene rings is 2. The predicted molar refractivity (Wildman–Crippen MR) is 113 cm³/mol. The van der Waals surface area contributed by atoms with Crippen molar-refractivity contribution in [3.63, 3.8) is 0 Å². The molecule has 1 aliphatic heterocycles. The van der Waals surface area contributed by atoms with Gasteiger partial charge in [0.1, 0.15) is 0 Å². The molecule has 6 nitrogen and oxygen atoms in total. The summed E-state index contributed by atoms with van der Waals surface area (Å²) in [6.07, 6.45) is 1.13. The molecule has 29 heavy (non-hydrogen) atoms. The molecular weight excluding hydrogens is 366 g/mol. The summed E-state index contributed by atoms with van der Waals surface area (Å²) >= 11 is 0. The summed E-state index contributed by atoms with van der Waals surface area (Å²) in [5.74, 6) is 0.102. The Bertz CT molecular complexity index is 927. The predicted octanol–water partition coefficient (Wildman–Crippen LogP) is 3.46. The van der Waals surface area contributed by atoms with Crippen molar-refractivity contribution in [2.45, 2.75) is 27.2 Å². The van der Waals surface area contributed by atoms with Gasteiger partial charge in [-0.05, 0) is 67.1 Å². The van der Waals surface area contributed by atoms with Gasteiger partial charge in [0.05, 0.1) is 0 Å². The minimum absolute atomic E-state index is 0.00953. The maximum Gasteiger partial charge on any atom is 0.255 e. The molecule has 0 radical (unpaired) electrons. The molecule has 152 valence electrons. The zero-order valence-corrected chi connectivity index (χ0v) is 17.1. The van der Waals surface area contributed by atoms with E-state index >= 15 is 0 Å². The van der Waals surface area contributed by atoms with Crippen LogP contribution in [-0.2, 0) is 0 Å². The fourth-order valence-corrected chi connectivity index (χ4v) is 3.88. The minimum atomic E-state index is -0.541. The van der Waals surface area contributed by atoms with Gasteiger partial charge in [0.2, 0.25) is 5.91 Å². The average Bonchev–Trinajstić information content (AvgIpc) is 2.68. The Balaban J connectivity index is 1.77. The van der Waals surface area contributed by atoms with Crippen molar-refractivity contribution in [1.29, 1.82) is 0 Å². The Labute approximate surface area is 171 Å². The number of nitrogens with zero attached hydrogens (tertiary/aromatic N) is 1. The number of amides is 3. The first-order valence-electron chi connectivity index (χ1n) is 9.85. The van der Waals surface area contributed by atoms with E-state index in [1.165, 1.54) is 12.1 Å². The van der Waals surface area contributed by atoms with Crippen LogP contribution in [0.1, 0.15) is 56.9 Å². The SMILES string of the molecule is Cc1ccc(C(=O)N2CC(C)CC(C)C2)cc1NC(=O)c1ccc(C(N)=O)cc1. The van der Waals surface area contributed by atoms with Gasteiger partial charge in [0, 0.05) is 35.5 Å². The van der Waals surface area contributed by atoms with Crippen molar-refractivity contribution in [2.24, 2.45) is 17.6 Å². The van der Waals surface area contributed by atoms with Crippen LogP contribution in [-0.4, -0.2) is 35.7 Å². The van der Waals surface area contributed by atoms with Gasteiger partial charge in [-0.15, -0.1) is 0 Å². The smallest absolute Gasteiger partial charge is 0.255 e. The Morgan fingerprint density at radius 1 is 0.931 bits per heavy atom. The van der Waals surface area contributed by atoms with Gasteiger partial charge in [-0.1, -0.05) is 19.9 Å². The maximum absolute atomic E-state index is 13.0. The number of hydrogen-bond acceptors (Lipinski definition) is 3. The van der Waals surface area contributed by atoms with Crippen LogP contribution in [0.2, 0.25) is 0 Å². The number of piperidine rings is 1. The first-order valence-corrected chi connectivity index (χ1v) is 9.85. The van der Waals surface area contributed by atoms with Crippen molar-refractivity contribution >= 4 is 23.4 Å². The van der Waals surface area contributed by atoms with Gasteiger partial charge in [0.15, 0.2) is 0 Å². The van der Waals surface area contributed by atoms with Crippen LogP contribution >= 0.6 is 0 Å². The minimum Gasteiger partial charge on any atom is -0.366 e. The highest BCUT2D eigenvalue weighted by molar-refractivity contribution is 6.06. The van der Waals surface area contributed by atoms with Crippen molar-refractivity contribution in [3.05, 3.63) is 64.7 Å². The molecule has 3 amide bonds. The number of rotatable bonds is 4. The van der Waals surface area contributed by atoms with E-state index in [4.69, 9.17) is 5.73 Å². The van der Waals surface area contributed by atoms with Gasteiger partial charge in [-0.25, -0.2) is 0 Å². The third-order valence-corrected chi connectivity index (χ3v) is 5.32. The molecular formula is C23H27N3O3. The molecule has 1 fully saturated rings. The number of carbonyl (C=O) groups is 3. The van der Waals surface area contributed by atoms with Crippen LogP contribution in [0, 0.1) is 18.8 Å². The summed E-state index contributed by atoms with van der Waals surface area (Å²) in [5, 5.41) is 2.87. The molecule has 2 unspecified atom stereocenters. The Morgan fingerprint density at radius 2 is 1.48 bits per heavy atom. The zero-order valence-electron chi connectivity index (χ0n) is 17.1. The number of hydrogen-bond donors (Lipinski definition) is 2. The van der Waals surface area contributed by atoms with Crippen LogP contribution in [0.15, 0.2) is 42.5 Å². The Kier molecular flexibility index (Phi) is 6.01. The summed E-state index contributed by atoms with van der Waals surface area (Å²) < 4.78 is 0. The first-order chi connectivity index (χ1) is 13.7. The summed E-state index contributed by atoms with van der Waals surface area (Å²) in [7, 11) is 0. The molecule has 2 aromatic carbocycles. The van der Waals surface area contributed by atoms with E-state index in [1.807, 2.05) is 17.9 Å². The van der Waals surface area contributed by atoms with E-state index in [-0.39, 0.29) is 11.8 Å². The van der Waals surface area contributed by atoms with E-state index in [0.29, 0.717) is 34.2 Å². The molecule has 0 aromatic heterocycles. The average molecular weight is 393 g/mol. The molecule has 1 heterocycles. The molecule has 2 atom stereocenters. The molecule has 3 N–H and O–H groups in total. The molecule has 1 aliphatic rings. The third-order valence-electron chi connectivity index (χ3n) is 5.32. The fourth-order valence-electron chi connectivity index (χ4n) is 3.88. The molecule has 3 rings (SSSR count). The molecule has 0 spiro atoms. The van der Waals surface area contributed by atoms with E-state index in [2.05, 4.69) is 19.2 Å². The lowest BCUT2D eigenvalue weighted by Crippen LogP contribution is -2.42. The number of nitrogens with one attached hydrogen (secondary N) is 1. The lowest BCUT2D eigenvalue weighted by Gasteiger charge is -2.35. The number of aryl methyl sites for hydroxylation is 1. The fraction of sp³-hybridized carbons (Fsp3) is 0.348. The summed E-state index contributed by atoms with van der Waals surface area (Å²) in [5.41, 5.74) is 8.01. The number of carbonyl (C=O) groups excluding carboxylic acids is 3. The van der Waals surface area contributed by atoms with Gasteiger partial charge in [-0.2, -0.15) is 0 Å². The van der Waals surface area contributed by atoms with Crippen molar-refractivity contribution in [1.82, 2.24) is 4.90 Å². The normalized spacial score (nSPS) is 18.9. The van der Waals surface area contributed by atoms with E-state index in [9.17, 15) is 14.4 Å². The second-order valence-electron chi connectivity index (χ2n) is 8.08. The molecule has 0 aliphatic carbocycles. The Morgan fingerprint density at radius 3 is 2.07 bits per heavy atom. The number of nitrogens with two attached hydrogens (primary N) is 1. The van der Waals surface area contributed by atoms with Crippen molar-refractivity contribution in [3.8, 4) is 0 Å². The highest BCUT2D eigenvalue weighted by Crippen LogP contribution is 2.24. The quantitative estimate of drug-likeness (QED) is 0.833. The second kappa shape index (κ2) is 8.47. The van der Waals surface area contributed by atoms with E-state index < -0.39 is 5.91 Å². The number of likely N-dealkylation sites (tertiary alicyclic amines) is 1. The molecule has 0 saturated carbocycles. The number of primary amides is 1. The topological polar surface area (TPSA) is 92.5 Å². The lowest BCUT2D eigenvalue weighted by molar-refractivity contribution is 0.0623. The molecule has 6 heteroatoms. The summed E-state index contributed by atoms with van der Waals surface area (Å²) in [4.78, 5) is 38.7. The van der Waals surface area contributed by atoms with Gasteiger partial charge in [0.25, 0.3) is 11.8 Å². The Hall–Kier alpha value is -3.15. The zero-order chi connectivity index (χ0) is 21.1. The van der Waals surface area contributed by atoms with E-state index in [0.717, 1.165) is 25.1 Å². The van der Waals surface area contributed by atoms with Crippen molar-refractivity contribution < 1.29 is 14.4 Å². The maximum atomic E-state index is 13.0. The second-order valence-corrected chi connectivity index (χ2v) is 8.08. The van der Waals surface area contributed by atoms with Gasteiger partial charge in [-0.3, -0.25) is 14.4 Å². The van der Waals surface area contributed by atoms with Crippen LogP contribution in [0.3, 0.4) is 0 Å². The molecule has 0 bridgehead atoms. The third kappa shape index (κ3) is 4.83. The van der Waals surface area contributed by atoms with Crippen LogP contribution in [0.5, 0.6) is 0 Å². The standard InChI is InChI=1S/C23H27N3O3/c1-14-10-15(2)13-26(12-14)23(29)19-5-4-16(3)20(11-19)25-22(28)18-8-6-17(7-9-18)21(24)27/h4-9,11,14-15H,10,12-13H2,1-3H3,(H2,24,27)(H,25,28). The lowest BCUT2D eigenvalue weighted by atomic mass is 9.91. The summed E-state index contributed by atoms with van der Waals surface area (Å²) in [6.45, 7) is 7.72. The monoisotopic (exact) mass is 393 g/mol. The van der Waals surface area contributed by atoms with E-state index in [1.54, 1.807) is 24.3 Å². The summed E-state index contributed by atoms with van der Waals surface area (Å²) in [6, 6.07) is 11.5. The highest BCUT2D eigenvalue weighted by Gasteiger charge is 2.26. The van der Waals surface area contributed by atoms with Crippen LogP contribution in [0.25, 0.3) is 0 Å². The molecule has 1 saturated heterocycles. The number of anilines is 1. The van der Waals surface area contributed by atoms with Crippen LogP contribution in [0.4, 0.5) is 5.69 Å². The van der Waals surface area contributed by atoms with Gasteiger partial charge < -0.3 is 16.0 Å². The van der Waals surface area contributed by atoms with Gasteiger partial charge >= 0.3 is 0 Å². The molecule has 2 aromatic rings. The first kappa shape index (κ1) is 20.6. The largest absolute Gasteiger partial charge is 0.366 e. The van der Waals surface area contributed by atoms with Crippen molar-refractivity contribution in [2.75, 3.05) is 18.4 Å². The highest BCUT2D eigenvalue weighted by atomic mass is 16.2. The van der Waals surface area contributed by atoms with Crippen LogP contribution < -0.4 is 11.1 Å².